The van der Waals surface area contributed by atoms with E-state index in [0.717, 1.165) is 37.1 Å². The van der Waals surface area contributed by atoms with E-state index < -0.39 is 0 Å². The summed E-state index contributed by atoms with van der Waals surface area (Å²) < 4.78 is 0. The van der Waals surface area contributed by atoms with Gasteiger partial charge in [-0.15, -0.1) is 0 Å². The number of pyridine rings is 1. The lowest BCUT2D eigenvalue weighted by Gasteiger charge is -2.41. The Morgan fingerprint density at radius 1 is 1.19 bits per heavy atom. The van der Waals surface area contributed by atoms with Crippen LogP contribution < -0.4 is 10.6 Å². The van der Waals surface area contributed by atoms with Crippen LogP contribution in [0.15, 0.2) is 18.5 Å². The minimum atomic E-state index is -0.368. The molecular formula is C12H15N3O. The van der Waals surface area contributed by atoms with Crippen molar-refractivity contribution in [2.24, 2.45) is 0 Å². The number of carbonyl (C=O) groups excluding carboxylic acids is 1. The van der Waals surface area contributed by atoms with Crippen LogP contribution in [0.2, 0.25) is 0 Å². The summed E-state index contributed by atoms with van der Waals surface area (Å²) in [5.41, 5.74) is 1.42. The summed E-state index contributed by atoms with van der Waals surface area (Å²) in [5, 5.41) is 6.37. The number of amides is 1. The Labute approximate surface area is 94.5 Å². The molecule has 4 heteroatoms. The molecule has 1 fully saturated rings. The Bertz CT molecular complexity index is 424. The van der Waals surface area contributed by atoms with E-state index in [9.17, 15) is 4.79 Å². The third kappa shape index (κ3) is 1.37. The quantitative estimate of drug-likeness (QED) is 0.700. The predicted octanol–water partition coefficient (Wildman–Crippen LogP) is 2.15. The van der Waals surface area contributed by atoms with Gasteiger partial charge in [0.1, 0.15) is 5.54 Å². The molecule has 84 valence electrons. The van der Waals surface area contributed by atoms with Crippen LogP contribution in [0, 0.1) is 0 Å². The second-order valence-corrected chi connectivity index (χ2v) is 4.64. The minimum absolute atomic E-state index is 0.104. The molecule has 1 aromatic rings. The first-order valence-corrected chi connectivity index (χ1v) is 5.84. The van der Waals surface area contributed by atoms with Crippen LogP contribution in [0.4, 0.5) is 11.4 Å². The second-order valence-electron chi connectivity index (χ2n) is 4.64. The molecule has 1 aromatic heterocycles. The van der Waals surface area contributed by atoms with E-state index in [1.165, 1.54) is 6.42 Å². The zero-order valence-electron chi connectivity index (χ0n) is 9.12. The highest BCUT2D eigenvalue weighted by atomic mass is 16.2. The number of hydrogen-bond donors (Lipinski definition) is 2. The Hall–Kier alpha value is -1.58. The van der Waals surface area contributed by atoms with Gasteiger partial charge in [-0.3, -0.25) is 9.78 Å². The topological polar surface area (TPSA) is 54.0 Å². The number of nitrogens with zero attached hydrogens (tertiary/aromatic N) is 1. The van der Waals surface area contributed by atoms with E-state index in [1.807, 2.05) is 6.07 Å². The van der Waals surface area contributed by atoms with Crippen LogP contribution >= 0.6 is 0 Å². The van der Waals surface area contributed by atoms with Crippen molar-refractivity contribution in [3.8, 4) is 0 Å². The monoisotopic (exact) mass is 217 g/mol. The molecule has 0 radical (unpaired) electrons. The minimum Gasteiger partial charge on any atom is -0.369 e. The fourth-order valence-electron chi connectivity index (χ4n) is 2.67. The summed E-state index contributed by atoms with van der Waals surface area (Å²) in [5.74, 6) is 0.104. The number of hydrogen-bond acceptors (Lipinski definition) is 3. The summed E-state index contributed by atoms with van der Waals surface area (Å²) in [6, 6.07) is 1.92. The van der Waals surface area contributed by atoms with Crippen molar-refractivity contribution in [3.05, 3.63) is 18.5 Å². The molecule has 0 unspecified atom stereocenters. The van der Waals surface area contributed by atoms with E-state index >= 15 is 0 Å². The summed E-state index contributed by atoms with van der Waals surface area (Å²) in [6.07, 6.45) is 8.79. The van der Waals surface area contributed by atoms with Crippen LogP contribution in [0.25, 0.3) is 0 Å². The highest BCUT2D eigenvalue weighted by molar-refractivity contribution is 6.05. The maximum atomic E-state index is 12.1. The van der Waals surface area contributed by atoms with Gasteiger partial charge >= 0.3 is 0 Å². The van der Waals surface area contributed by atoms with Gasteiger partial charge in [-0.05, 0) is 18.9 Å². The van der Waals surface area contributed by atoms with Crippen LogP contribution in [0.5, 0.6) is 0 Å². The van der Waals surface area contributed by atoms with Crippen molar-refractivity contribution in [2.75, 3.05) is 10.6 Å². The molecule has 16 heavy (non-hydrogen) atoms. The van der Waals surface area contributed by atoms with Crippen molar-refractivity contribution in [1.29, 1.82) is 0 Å². The number of aromatic nitrogens is 1. The summed E-state index contributed by atoms with van der Waals surface area (Å²) in [7, 11) is 0. The first-order chi connectivity index (χ1) is 7.80. The third-order valence-corrected chi connectivity index (χ3v) is 3.58. The largest absolute Gasteiger partial charge is 0.369 e. The van der Waals surface area contributed by atoms with Gasteiger partial charge in [0.05, 0.1) is 17.6 Å². The number of anilines is 2. The molecule has 1 aliphatic carbocycles. The van der Waals surface area contributed by atoms with Crippen molar-refractivity contribution in [1.82, 2.24) is 4.98 Å². The van der Waals surface area contributed by atoms with Crippen molar-refractivity contribution >= 4 is 17.3 Å². The molecule has 1 amide bonds. The molecular weight excluding hydrogens is 202 g/mol. The normalized spacial score (nSPS) is 22.1. The van der Waals surface area contributed by atoms with E-state index in [2.05, 4.69) is 15.6 Å². The number of fused-ring (bicyclic) bond motifs is 1. The Kier molecular flexibility index (Phi) is 2.09. The zero-order chi connectivity index (χ0) is 11.0. The summed E-state index contributed by atoms with van der Waals surface area (Å²) in [6.45, 7) is 0. The molecule has 3 rings (SSSR count). The average Bonchev–Trinajstić information content (AvgIpc) is 2.32. The highest BCUT2D eigenvalue weighted by Crippen LogP contribution is 2.38. The molecule has 0 saturated heterocycles. The standard InChI is InChI=1S/C12H15N3O/c16-11-12(5-2-1-3-6-12)15-9-4-7-13-8-10(9)14-11/h4,7-8,15H,1-3,5-6H2,(H,14,16). The smallest absolute Gasteiger partial charge is 0.250 e. The van der Waals surface area contributed by atoms with Crippen LogP contribution in [-0.2, 0) is 4.79 Å². The van der Waals surface area contributed by atoms with Crippen molar-refractivity contribution in [2.45, 2.75) is 37.6 Å². The molecule has 2 aliphatic rings. The third-order valence-electron chi connectivity index (χ3n) is 3.58. The van der Waals surface area contributed by atoms with Crippen molar-refractivity contribution < 1.29 is 4.79 Å². The maximum absolute atomic E-state index is 12.1. The molecule has 1 spiro atoms. The van der Waals surface area contributed by atoms with Gasteiger partial charge in [0.15, 0.2) is 0 Å². The Balaban J connectivity index is 1.97. The summed E-state index contributed by atoms with van der Waals surface area (Å²) in [4.78, 5) is 16.1. The van der Waals surface area contributed by atoms with Crippen LogP contribution in [0.1, 0.15) is 32.1 Å². The second kappa shape index (κ2) is 3.47. The highest BCUT2D eigenvalue weighted by Gasteiger charge is 2.42. The van der Waals surface area contributed by atoms with Gasteiger partial charge in [0, 0.05) is 6.20 Å². The molecule has 1 aliphatic heterocycles. The zero-order valence-corrected chi connectivity index (χ0v) is 9.12. The lowest BCUT2D eigenvalue weighted by Crippen LogP contribution is -2.53. The number of rotatable bonds is 0. The lowest BCUT2D eigenvalue weighted by molar-refractivity contribution is -0.121. The van der Waals surface area contributed by atoms with Gasteiger partial charge in [0.2, 0.25) is 5.91 Å². The van der Waals surface area contributed by atoms with Crippen LogP contribution in [-0.4, -0.2) is 16.4 Å². The number of nitrogens with one attached hydrogen (secondary N) is 2. The van der Waals surface area contributed by atoms with Gasteiger partial charge in [-0.2, -0.15) is 0 Å². The van der Waals surface area contributed by atoms with Gasteiger partial charge in [0.25, 0.3) is 0 Å². The molecule has 4 nitrogen and oxygen atoms in total. The van der Waals surface area contributed by atoms with E-state index in [4.69, 9.17) is 0 Å². The lowest BCUT2D eigenvalue weighted by atomic mass is 9.79. The predicted molar refractivity (Wildman–Crippen MR) is 62.3 cm³/mol. The van der Waals surface area contributed by atoms with Gasteiger partial charge < -0.3 is 10.6 Å². The van der Waals surface area contributed by atoms with E-state index in [1.54, 1.807) is 12.4 Å². The molecule has 0 aromatic carbocycles. The van der Waals surface area contributed by atoms with Crippen molar-refractivity contribution in [3.63, 3.8) is 0 Å². The van der Waals surface area contributed by atoms with Crippen LogP contribution in [0.3, 0.4) is 0 Å². The van der Waals surface area contributed by atoms with Gasteiger partial charge in [-0.25, -0.2) is 0 Å². The molecule has 1 saturated carbocycles. The summed E-state index contributed by atoms with van der Waals surface area (Å²) >= 11 is 0. The average molecular weight is 217 g/mol. The molecule has 2 heterocycles. The molecule has 2 N–H and O–H groups in total. The first kappa shape index (κ1) is 9.63. The fourth-order valence-corrected chi connectivity index (χ4v) is 2.67. The van der Waals surface area contributed by atoms with E-state index in [-0.39, 0.29) is 11.4 Å². The van der Waals surface area contributed by atoms with Gasteiger partial charge in [-0.1, -0.05) is 19.3 Å². The first-order valence-electron chi connectivity index (χ1n) is 5.84. The number of carbonyl (C=O) groups is 1. The Morgan fingerprint density at radius 3 is 2.81 bits per heavy atom. The fraction of sp³-hybridized carbons (Fsp3) is 0.500. The SMILES string of the molecule is O=C1Nc2cnccc2NC12CCCCC2. The molecule has 0 bridgehead atoms. The van der Waals surface area contributed by atoms with E-state index in [0.29, 0.717) is 0 Å². The molecule has 0 atom stereocenters. The Morgan fingerprint density at radius 2 is 2.00 bits per heavy atom. The maximum Gasteiger partial charge on any atom is 0.250 e.